The molecular formula is C10H11N3S2. The average Bonchev–Trinajstić information content (AvgIpc) is 2.81. The standard InChI is InChI=1S/C10H11N3S2/c11-6-9(8-2-5-14-7-8)15-10-12-3-1-4-13-10/h1-5,7,9H,6,11H2. The van der Waals surface area contributed by atoms with Crippen molar-refractivity contribution in [3.8, 4) is 0 Å². The molecule has 0 spiro atoms. The van der Waals surface area contributed by atoms with E-state index in [1.165, 1.54) is 5.56 Å². The zero-order valence-corrected chi connectivity index (χ0v) is 9.67. The molecule has 0 bridgehead atoms. The molecule has 0 aliphatic carbocycles. The van der Waals surface area contributed by atoms with Gasteiger partial charge in [-0.3, -0.25) is 0 Å². The van der Waals surface area contributed by atoms with Crippen molar-refractivity contribution in [2.45, 2.75) is 10.4 Å². The van der Waals surface area contributed by atoms with Gasteiger partial charge in [0.1, 0.15) is 0 Å². The molecule has 2 aromatic rings. The minimum Gasteiger partial charge on any atom is -0.329 e. The van der Waals surface area contributed by atoms with Gasteiger partial charge in [0.25, 0.3) is 0 Å². The van der Waals surface area contributed by atoms with Gasteiger partial charge in [-0.2, -0.15) is 11.3 Å². The van der Waals surface area contributed by atoms with Crippen molar-refractivity contribution in [1.82, 2.24) is 9.97 Å². The molecule has 0 saturated carbocycles. The summed E-state index contributed by atoms with van der Waals surface area (Å²) in [7, 11) is 0. The lowest BCUT2D eigenvalue weighted by Gasteiger charge is -2.10. The van der Waals surface area contributed by atoms with Gasteiger partial charge >= 0.3 is 0 Å². The van der Waals surface area contributed by atoms with Gasteiger partial charge in [0.05, 0.1) is 5.25 Å². The molecule has 0 fully saturated rings. The molecule has 2 N–H and O–H groups in total. The third-order valence-electron chi connectivity index (χ3n) is 1.92. The zero-order valence-electron chi connectivity index (χ0n) is 8.04. The summed E-state index contributed by atoms with van der Waals surface area (Å²) < 4.78 is 0. The Morgan fingerprint density at radius 3 is 2.80 bits per heavy atom. The van der Waals surface area contributed by atoms with Crippen LogP contribution in [0.3, 0.4) is 0 Å². The second-order valence-corrected chi connectivity index (χ2v) is 4.88. The van der Waals surface area contributed by atoms with Gasteiger partial charge in [-0.25, -0.2) is 9.97 Å². The van der Waals surface area contributed by atoms with E-state index >= 15 is 0 Å². The fourth-order valence-corrected chi connectivity index (χ4v) is 2.86. The molecule has 1 atom stereocenters. The summed E-state index contributed by atoms with van der Waals surface area (Å²) in [6.45, 7) is 0.597. The van der Waals surface area contributed by atoms with Crippen molar-refractivity contribution in [3.63, 3.8) is 0 Å². The molecule has 1 unspecified atom stereocenters. The highest BCUT2D eigenvalue weighted by molar-refractivity contribution is 7.99. The van der Waals surface area contributed by atoms with Crippen molar-refractivity contribution in [3.05, 3.63) is 40.8 Å². The molecule has 2 rings (SSSR count). The van der Waals surface area contributed by atoms with E-state index < -0.39 is 0 Å². The Hall–Kier alpha value is -0.910. The number of hydrogen-bond donors (Lipinski definition) is 1. The third-order valence-corrected chi connectivity index (χ3v) is 3.79. The first kappa shape index (κ1) is 10.6. The van der Waals surface area contributed by atoms with Gasteiger partial charge < -0.3 is 5.73 Å². The Balaban J connectivity index is 2.10. The van der Waals surface area contributed by atoms with Crippen LogP contribution >= 0.6 is 23.1 Å². The quantitative estimate of drug-likeness (QED) is 0.655. The summed E-state index contributed by atoms with van der Waals surface area (Å²) in [6.07, 6.45) is 3.49. The lowest BCUT2D eigenvalue weighted by atomic mass is 10.2. The summed E-state index contributed by atoms with van der Waals surface area (Å²) in [5, 5.41) is 5.20. The number of nitrogens with zero attached hydrogens (tertiary/aromatic N) is 2. The van der Waals surface area contributed by atoms with Crippen LogP contribution in [-0.2, 0) is 0 Å². The fourth-order valence-electron chi connectivity index (χ4n) is 1.18. The maximum absolute atomic E-state index is 5.74. The van der Waals surface area contributed by atoms with Gasteiger partial charge in [-0.15, -0.1) is 0 Å². The minimum absolute atomic E-state index is 0.249. The highest BCUT2D eigenvalue weighted by Crippen LogP contribution is 2.32. The van der Waals surface area contributed by atoms with Crippen molar-refractivity contribution >= 4 is 23.1 Å². The van der Waals surface area contributed by atoms with Crippen LogP contribution in [0.25, 0.3) is 0 Å². The lowest BCUT2D eigenvalue weighted by Crippen LogP contribution is -2.09. The molecule has 0 saturated heterocycles. The Kier molecular flexibility index (Phi) is 3.71. The first-order valence-corrected chi connectivity index (χ1v) is 6.38. The van der Waals surface area contributed by atoms with Crippen molar-refractivity contribution in [1.29, 1.82) is 0 Å². The first-order chi connectivity index (χ1) is 7.40. The van der Waals surface area contributed by atoms with E-state index in [1.807, 2.05) is 6.07 Å². The average molecular weight is 237 g/mol. The monoisotopic (exact) mass is 237 g/mol. The lowest BCUT2D eigenvalue weighted by molar-refractivity contribution is 0.912. The van der Waals surface area contributed by atoms with E-state index in [2.05, 4.69) is 26.8 Å². The van der Waals surface area contributed by atoms with Gasteiger partial charge in [-0.05, 0) is 28.5 Å². The summed E-state index contributed by atoms with van der Waals surface area (Å²) in [4.78, 5) is 8.35. The van der Waals surface area contributed by atoms with Gasteiger partial charge in [-0.1, -0.05) is 11.8 Å². The Labute approximate surface area is 96.8 Å². The van der Waals surface area contributed by atoms with Crippen molar-refractivity contribution < 1.29 is 0 Å². The van der Waals surface area contributed by atoms with E-state index in [-0.39, 0.29) is 5.25 Å². The number of hydrogen-bond acceptors (Lipinski definition) is 5. The van der Waals surface area contributed by atoms with E-state index in [9.17, 15) is 0 Å². The van der Waals surface area contributed by atoms with Crippen LogP contribution in [0.15, 0.2) is 40.4 Å². The number of rotatable bonds is 4. The topological polar surface area (TPSA) is 51.8 Å². The molecule has 2 aromatic heterocycles. The Morgan fingerprint density at radius 1 is 1.40 bits per heavy atom. The molecule has 0 aliphatic rings. The molecule has 0 aliphatic heterocycles. The summed E-state index contributed by atoms with van der Waals surface area (Å²) in [5.41, 5.74) is 6.99. The first-order valence-electron chi connectivity index (χ1n) is 4.56. The number of thiophene rings is 1. The summed E-state index contributed by atoms with van der Waals surface area (Å²) in [6, 6.07) is 3.91. The largest absolute Gasteiger partial charge is 0.329 e. The SMILES string of the molecule is NCC(Sc1ncccn1)c1ccsc1. The number of aromatic nitrogens is 2. The van der Waals surface area contributed by atoms with Gasteiger partial charge in [0.15, 0.2) is 5.16 Å². The number of nitrogens with two attached hydrogens (primary N) is 1. The van der Waals surface area contributed by atoms with Crippen molar-refractivity contribution in [2.24, 2.45) is 5.73 Å². The zero-order chi connectivity index (χ0) is 10.5. The van der Waals surface area contributed by atoms with Gasteiger partial charge in [0.2, 0.25) is 0 Å². The maximum Gasteiger partial charge on any atom is 0.188 e. The number of thioether (sulfide) groups is 1. The van der Waals surface area contributed by atoms with E-state index in [1.54, 1.807) is 35.5 Å². The smallest absolute Gasteiger partial charge is 0.188 e. The second-order valence-electron chi connectivity index (χ2n) is 2.93. The second kappa shape index (κ2) is 5.25. The van der Waals surface area contributed by atoms with Crippen LogP contribution in [0, 0.1) is 0 Å². The molecule has 0 radical (unpaired) electrons. The molecule has 5 heteroatoms. The van der Waals surface area contributed by atoms with Crippen LogP contribution in [0.2, 0.25) is 0 Å². The highest BCUT2D eigenvalue weighted by atomic mass is 32.2. The Bertz CT molecular complexity index is 388. The predicted molar refractivity (Wildman–Crippen MR) is 64.0 cm³/mol. The third kappa shape index (κ3) is 2.77. The highest BCUT2D eigenvalue weighted by Gasteiger charge is 2.12. The van der Waals surface area contributed by atoms with E-state index in [0.29, 0.717) is 6.54 Å². The van der Waals surface area contributed by atoms with Gasteiger partial charge in [0, 0.05) is 18.9 Å². The fraction of sp³-hybridized carbons (Fsp3) is 0.200. The minimum atomic E-state index is 0.249. The maximum atomic E-state index is 5.74. The van der Waals surface area contributed by atoms with Crippen LogP contribution in [-0.4, -0.2) is 16.5 Å². The van der Waals surface area contributed by atoms with Crippen LogP contribution in [0.4, 0.5) is 0 Å². The molecule has 2 heterocycles. The normalized spacial score (nSPS) is 12.6. The molecular weight excluding hydrogens is 226 g/mol. The summed E-state index contributed by atoms with van der Waals surface area (Å²) >= 11 is 3.29. The summed E-state index contributed by atoms with van der Waals surface area (Å²) in [5.74, 6) is 0. The molecule has 3 nitrogen and oxygen atoms in total. The molecule has 0 aromatic carbocycles. The predicted octanol–water partition coefficient (Wildman–Crippen LogP) is 2.33. The van der Waals surface area contributed by atoms with Crippen molar-refractivity contribution in [2.75, 3.05) is 6.54 Å². The molecule has 15 heavy (non-hydrogen) atoms. The van der Waals surface area contributed by atoms with Crippen LogP contribution in [0.1, 0.15) is 10.8 Å². The van der Waals surface area contributed by atoms with E-state index in [4.69, 9.17) is 5.73 Å². The molecule has 0 amide bonds. The van der Waals surface area contributed by atoms with Crippen LogP contribution in [0.5, 0.6) is 0 Å². The molecule has 78 valence electrons. The Morgan fingerprint density at radius 2 is 2.20 bits per heavy atom. The van der Waals surface area contributed by atoms with Crippen LogP contribution < -0.4 is 5.73 Å². The van der Waals surface area contributed by atoms with E-state index in [0.717, 1.165) is 5.16 Å².